The second-order valence-electron chi connectivity index (χ2n) is 3.38. The number of ketones is 1. The summed E-state index contributed by atoms with van der Waals surface area (Å²) in [6.07, 6.45) is 2.37. The van der Waals surface area contributed by atoms with Crippen LogP contribution in [0.4, 0.5) is 5.69 Å². The fourth-order valence-corrected chi connectivity index (χ4v) is 1.74. The Hall–Kier alpha value is -1.37. The normalized spacial score (nSPS) is 11.7. The molecule has 0 aliphatic carbocycles. The van der Waals surface area contributed by atoms with Crippen molar-refractivity contribution in [3.63, 3.8) is 0 Å². The summed E-state index contributed by atoms with van der Waals surface area (Å²) in [7, 11) is 0. The van der Waals surface area contributed by atoms with Crippen LogP contribution in [-0.2, 0) is 0 Å². The van der Waals surface area contributed by atoms with Crippen LogP contribution in [0.1, 0.15) is 10.4 Å². The van der Waals surface area contributed by atoms with Gasteiger partial charge in [-0.15, -0.1) is 0 Å². The summed E-state index contributed by atoms with van der Waals surface area (Å²) in [5, 5.41) is 10.9. The highest BCUT2D eigenvalue weighted by molar-refractivity contribution is 6.77. The molecule has 18 heavy (non-hydrogen) atoms. The predicted molar refractivity (Wildman–Crippen MR) is 67.4 cm³/mol. The lowest BCUT2D eigenvalue weighted by atomic mass is 10.1. The lowest BCUT2D eigenvalue weighted by molar-refractivity contribution is -0.385. The van der Waals surface area contributed by atoms with E-state index in [-0.39, 0.29) is 16.6 Å². The van der Waals surface area contributed by atoms with Gasteiger partial charge in [0.15, 0.2) is 0 Å². The molecule has 0 radical (unpaired) electrons. The van der Waals surface area contributed by atoms with Gasteiger partial charge in [-0.05, 0) is 0 Å². The first-order valence-corrected chi connectivity index (χ1v) is 5.67. The number of halogens is 3. The summed E-state index contributed by atoms with van der Waals surface area (Å²) < 4.78 is -2.13. The molecular formula is C9H4Cl3N3O3. The van der Waals surface area contributed by atoms with Gasteiger partial charge in [0, 0.05) is 23.2 Å². The number of fused-ring (bicyclic) bond motifs is 1. The molecule has 0 bridgehead atoms. The SMILES string of the molecule is O=C(c1c[nH]c2ncc([N+](=O)[O-])cc12)C(Cl)(Cl)Cl. The number of Topliss-reactive ketones (excluding diaryl/α,β-unsaturated/α-hetero) is 1. The minimum atomic E-state index is -2.13. The highest BCUT2D eigenvalue weighted by Gasteiger charge is 2.33. The monoisotopic (exact) mass is 307 g/mol. The molecule has 2 aromatic rings. The van der Waals surface area contributed by atoms with E-state index in [1.165, 1.54) is 12.3 Å². The summed E-state index contributed by atoms with van der Waals surface area (Å²) in [5.74, 6) is -0.777. The minimum Gasteiger partial charge on any atom is -0.345 e. The zero-order valence-electron chi connectivity index (χ0n) is 8.49. The number of H-pyrrole nitrogens is 1. The number of aromatic amines is 1. The second-order valence-corrected chi connectivity index (χ2v) is 5.66. The second kappa shape index (κ2) is 4.38. The zero-order valence-corrected chi connectivity index (χ0v) is 10.8. The molecule has 1 N–H and O–H groups in total. The number of nitro groups is 1. The van der Waals surface area contributed by atoms with Crippen LogP contribution in [0.2, 0.25) is 0 Å². The Balaban J connectivity index is 2.62. The van der Waals surface area contributed by atoms with Gasteiger partial charge in [0.05, 0.1) is 4.92 Å². The highest BCUT2D eigenvalue weighted by atomic mass is 35.6. The van der Waals surface area contributed by atoms with E-state index in [1.54, 1.807) is 0 Å². The fraction of sp³-hybridized carbons (Fsp3) is 0.111. The lowest BCUT2D eigenvalue weighted by Crippen LogP contribution is -2.18. The summed E-state index contributed by atoms with van der Waals surface area (Å²) in [4.78, 5) is 28.3. The summed E-state index contributed by atoms with van der Waals surface area (Å²) in [5.41, 5.74) is 0.0971. The van der Waals surface area contributed by atoms with Crippen molar-refractivity contribution < 1.29 is 9.72 Å². The molecule has 2 rings (SSSR count). The van der Waals surface area contributed by atoms with Gasteiger partial charge in [0.2, 0.25) is 5.78 Å². The van der Waals surface area contributed by atoms with E-state index in [9.17, 15) is 14.9 Å². The highest BCUT2D eigenvalue weighted by Crippen LogP contribution is 2.33. The molecule has 0 saturated heterocycles. The Kier molecular flexibility index (Phi) is 3.18. The average Bonchev–Trinajstić information content (AvgIpc) is 2.68. The average molecular weight is 309 g/mol. The molecule has 9 heteroatoms. The van der Waals surface area contributed by atoms with E-state index < -0.39 is 14.5 Å². The third kappa shape index (κ3) is 2.27. The van der Waals surface area contributed by atoms with E-state index in [0.29, 0.717) is 5.65 Å². The number of pyridine rings is 1. The number of hydrogen-bond donors (Lipinski definition) is 1. The number of nitrogens with zero attached hydrogens (tertiary/aromatic N) is 2. The lowest BCUT2D eigenvalue weighted by Gasteiger charge is -2.07. The molecule has 0 aliphatic rings. The molecule has 0 fully saturated rings. The smallest absolute Gasteiger partial charge is 0.288 e. The molecule has 0 aromatic carbocycles. The quantitative estimate of drug-likeness (QED) is 0.400. The Morgan fingerprint density at radius 2 is 2.11 bits per heavy atom. The van der Waals surface area contributed by atoms with Gasteiger partial charge < -0.3 is 4.98 Å². The summed E-state index contributed by atoms with van der Waals surface area (Å²) in [6, 6.07) is 1.20. The van der Waals surface area contributed by atoms with Crippen LogP contribution in [0.25, 0.3) is 11.0 Å². The maximum absolute atomic E-state index is 11.8. The first kappa shape index (κ1) is 13.1. The number of nitrogens with one attached hydrogen (secondary N) is 1. The van der Waals surface area contributed by atoms with Gasteiger partial charge in [0.1, 0.15) is 11.8 Å². The van der Waals surface area contributed by atoms with Crippen molar-refractivity contribution in [1.82, 2.24) is 9.97 Å². The first-order valence-electron chi connectivity index (χ1n) is 4.54. The maximum Gasteiger partial charge on any atom is 0.288 e. The van der Waals surface area contributed by atoms with Crippen LogP contribution in [0.15, 0.2) is 18.5 Å². The maximum atomic E-state index is 11.8. The van der Waals surface area contributed by atoms with Gasteiger partial charge in [0.25, 0.3) is 9.48 Å². The Labute approximate surface area is 115 Å². The standard InChI is InChI=1S/C9H4Cl3N3O3/c10-9(11,12)7(16)6-3-14-8-5(6)1-4(2-13-8)15(17)18/h1-3H,(H,13,14). The van der Waals surface area contributed by atoms with Crippen molar-refractivity contribution in [2.45, 2.75) is 3.79 Å². The van der Waals surface area contributed by atoms with E-state index in [1.807, 2.05) is 0 Å². The van der Waals surface area contributed by atoms with Gasteiger partial charge in [-0.2, -0.15) is 0 Å². The van der Waals surface area contributed by atoms with Crippen LogP contribution < -0.4 is 0 Å². The molecule has 0 saturated carbocycles. The number of rotatable bonds is 2. The number of aromatic nitrogens is 2. The first-order chi connectivity index (χ1) is 8.30. The Morgan fingerprint density at radius 3 is 2.67 bits per heavy atom. The molecule has 0 aliphatic heterocycles. The topological polar surface area (TPSA) is 88.9 Å². The van der Waals surface area contributed by atoms with Gasteiger partial charge in [-0.3, -0.25) is 14.9 Å². The number of alkyl halides is 3. The fourth-order valence-electron chi connectivity index (χ4n) is 1.43. The minimum absolute atomic E-state index is 0.0428. The predicted octanol–water partition coefficient (Wildman–Crippen LogP) is 3.02. The van der Waals surface area contributed by atoms with Crippen LogP contribution in [0.3, 0.4) is 0 Å². The van der Waals surface area contributed by atoms with Crippen LogP contribution in [0.5, 0.6) is 0 Å². The Morgan fingerprint density at radius 1 is 1.44 bits per heavy atom. The number of hydrogen-bond acceptors (Lipinski definition) is 4. The largest absolute Gasteiger partial charge is 0.345 e. The molecule has 0 unspecified atom stereocenters. The van der Waals surface area contributed by atoms with Crippen LogP contribution in [0, 0.1) is 10.1 Å². The molecule has 0 amide bonds. The molecule has 0 atom stereocenters. The zero-order chi connectivity index (χ0) is 13.5. The van der Waals surface area contributed by atoms with Gasteiger partial charge in [-0.25, -0.2) is 4.98 Å². The van der Waals surface area contributed by atoms with E-state index in [2.05, 4.69) is 9.97 Å². The third-order valence-electron chi connectivity index (χ3n) is 2.23. The molecule has 6 nitrogen and oxygen atoms in total. The molecule has 0 spiro atoms. The summed E-state index contributed by atoms with van der Waals surface area (Å²) >= 11 is 16.5. The van der Waals surface area contributed by atoms with Crippen molar-refractivity contribution in [1.29, 1.82) is 0 Å². The molecule has 2 heterocycles. The molecule has 2 aromatic heterocycles. The van der Waals surface area contributed by atoms with Crippen molar-refractivity contribution in [2.24, 2.45) is 0 Å². The third-order valence-corrected chi connectivity index (χ3v) is 2.74. The van der Waals surface area contributed by atoms with Crippen molar-refractivity contribution in [3.8, 4) is 0 Å². The van der Waals surface area contributed by atoms with E-state index in [0.717, 1.165) is 6.20 Å². The van der Waals surface area contributed by atoms with E-state index >= 15 is 0 Å². The van der Waals surface area contributed by atoms with Crippen LogP contribution in [-0.4, -0.2) is 24.5 Å². The van der Waals surface area contributed by atoms with Crippen molar-refractivity contribution in [3.05, 3.63) is 34.1 Å². The summed E-state index contributed by atoms with van der Waals surface area (Å²) in [6.45, 7) is 0. The van der Waals surface area contributed by atoms with Gasteiger partial charge >= 0.3 is 0 Å². The molecule has 94 valence electrons. The number of carbonyl (C=O) groups is 1. The van der Waals surface area contributed by atoms with Crippen molar-refractivity contribution in [2.75, 3.05) is 0 Å². The number of carbonyl (C=O) groups excluding carboxylic acids is 1. The Bertz CT molecular complexity index is 647. The van der Waals surface area contributed by atoms with Crippen molar-refractivity contribution >= 4 is 57.3 Å². The van der Waals surface area contributed by atoms with E-state index in [4.69, 9.17) is 34.8 Å². The van der Waals surface area contributed by atoms with Gasteiger partial charge in [-0.1, -0.05) is 34.8 Å². The van der Waals surface area contributed by atoms with Crippen LogP contribution >= 0.6 is 34.8 Å². The molecular weight excluding hydrogens is 304 g/mol.